The van der Waals surface area contributed by atoms with Crippen molar-refractivity contribution in [2.45, 2.75) is 31.9 Å². The molecule has 0 bridgehead atoms. The fraction of sp³-hybridized carbons (Fsp3) is 0.500. The Morgan fingerprint density at radius 1 is 1.35 bits per heavy atom. The van der Waals surface area contributed by atoms with Crippen LogP contribution in [0.3, 0.4) is 0 Å². The van der Waals surface area contributed by atoms with Gasteiger partial charge < -0.3 is 0 Å². The molecule has 3 nitrogen and oxygen atoms in total. The number of hydrogen-bond acceptors (Lipinski definition) is 3. The first-order valence-corrected chi connectivity index (χ1v) is 9.14. The second kappa shape index (κ2) is 4.55. The Morgan fingerprint density at radius 2 is 2.06 bits per heavy atom. The van der Waals surface area contributed by atoms with Crippen molar-refractivity contribution in [1.82, 2.24) is 0 Å². The summed E-state index contributed by atoms with van der Waals surface area (Å²) in [5.41, 5.74) is 3.17. The second-order valence-electron chi connectivity index (χ2n) is 4.90. The molecule has 2 rings (SSSR count). The monoisotopic (exact) mass is 270 g/mol. The smallest absolute Gasteiger partial charge is 0.264 e. The van der Waals surface area contributed by atoms with E-state index in [2.05, 4.69) is 32.0 Å². The molecule has 2 atom stereocenters. The maximum Gasteiger partial charge on any atom is 0.264 e. The molecule has 1 fully saturated rings. The van der Waals surface area contributed by atoms with Gasteiger partial charge in [0.2, 0.25) is 0 Å². The second-order valence-corrected chi connectivity index (χ2v) is 8.72. The molecule has 0 aliphatic heterocycles. The normalized spacial score (nSPS) is 24.4. The Morgan fingerprint density at radius 3 is 2.71 bits per heavy atom. The van der Waals surface area contributed by atoms with Gasteiger partial charge in [-0.2, -0.15) is 8.42 Å². The molecule has 0 aromatic heterocycles. The van der Waals surface area contributed by atoms with E-state index in [-0.39, 0.29) is 6.10 Å². The average Bonchev–Trinajstić information content (AvgIpc) is 2.89. The Kier molecular flexibility index (Phi) is 3.42. The molecular formula is C12H18O3SSi. The minimum atomic E-state index is -3.28. The van der Waals surface area contributed by atoms with Gasteiger partial charge in [-0.05, 0) is 36.9 Å². The molecule has 94 valence electrons. The van der Waals surface area contributed by atoms with Crippen molar-refractivity contribution in [1.29, 1.82) is 0 Å². The SMILES string of the molecule is Cc1cccc([SiH2]C2CC2OS(C)(=O)=O)c1C. The van der Waals surface area contributed by atoms with Gasteiger partial charge in [-0.25, -0.2) is 0 Å². The van der Waals surface area contributed by atoms with Gasteiger partial charge in [0.1, 0.15) is 0 Å². The third kappa shape index (κ3) is 3.40. The number of benzene rings is 1. The van der Waals surface area contributed by atoms with E-state index in [9.17, 15) is 8.42 Å². The molecule has 1 aromatic carbocycles. The van der Waals surface area contributed by atoms with E-state index in [0.29, 0.717) is 5.54 Å². The molecule has 0 amide bonds. The first kappa shape index (κ1) is 12.8. The highest BCUT2D eigenvalue weighted by molar-refractivity contribution is 7.86. The van der Waals surface area contributed by atoms with Crippen LogP contribution in [0.2, 0.25) is 5.54 Å². The van der Waals surface area contributed by atoms with Gasteiger partial charge in [-0.3, -0.25) is 4.18 Å². The summed E-state index contributed by atoms with van der Waals surface area (Å²) in [4.78, 5) is 0. The van der Waals surface area contributed by atoms with Crippen molar-refractivity contribution in [3.05, 3.63) is 29.3 Å². The van der Waals surface area contributed by atoms with Crippen LogP contribution in [0.25, 0.3) is 0 Å². The molecular weight excluding hydrogens is 252 g/mol. The minimum absolute atomic E-state index is 0.0448. The van der Waals surface area contributed by atoms with Crippen molar-refractivity contribution in [2.24, 2.45) is 0 Å². The van der Waals surface area contributed by atoms with E-state index < -0.39 is 19.6 Å². The van der Waals surface area contributed by atoms with Crippen molar-refractivity contribution in [3.8, 4) is 0 Å². The van der Waals surface area contributed by atoms with E-state index in [0.717, 1.165) is 12.7 Å². The number of aryl methyl sites for hydroxylation is 1. The van der Waals surface area contributed by atoms with Crippen LogP contribution in [0.4, 0.5) is 0 Å². The Labute approximate surface area is 105 Å². The molecule has 5 heteroatoms. The molecule has 1 aromatic rings. The summed E-state index contributed by atoms with van der Waals surface area (Å²) in [5, 5.41) is 1.44. The molecule has 1 aliphatic rings. The maximum absolute atomic E-state index is 11.0. The molecule has 1 aliphatic carbocycles. The van der Waals surface area contributed by atoms with E-state index in [1.807, 2.05) is 0 Å². The summed E-state index contributed by atoms with van der Waals surface area (Å²) < 4.78 is 27.0. The van der Waals surface area contributed by atoms with E-state index in [1.54, 1.807) is 0 Å². The van der Waals surface area contributed by atoms with Gasteiger partial charge in [0.25, 0.3) is 10.1 Å². The zero-order chi connectivity index (χ0) is 12.6. The first-order chi connectivity index (χ1) is 7.87. The van der Waals surface area contributed by atoms with Gasteiger partial charge in [-0.1, -0.05) is 23.4 Å². The zero-order valence-electron chi connectivity index (χ0n) is 10.4. The van der Waals surface area contributed by atoms with Crippen LogP contribution in [0.1, 0.15) is 17.5 Å². The summed E-state index contributed by atoms with van der Waals surface area (Å²) in [6.07, 6.45) is 1.99. The molecule has 2 unspecified atom stereocenters. The lowest BCUT2D eigenvalue weighted by Gasteiger charge is -2.07. The Hall–Kier alpha value is -0.653. The van der Waals surface area contributed by atoms with Crippen molar-refractivity contribution in [3.63, 3.8) is 0 Å². The predicted octanol–water partition coefficient (Wildman–Crippen LogP) is 0.635. The molecule has 0 spiro atoms. The molecule has 0 saturated heterocycles. The highest BCUT2D eigenvalue weighted by Crippen LogP contribution is 2.40. The van der Waals surface area contributed by atoms with Crippen LogP contribution < -0.4 is 5.19 Å². The Bertz CT molecular complexity index is 525. The predicted molar refractivity (Wildman–Crippen MR) is 72.2 cm³/mol. The van der Waals surface area contributed by atoms with Gasteiger partial charge in [0.05, 0.1) is 21.9 Å². The Balaban J connectivity index is 1.98. The lowest BCUT2D eigenvalue weighted by molar-refractivity contribution is 0.309. The number of rotatable bonds is 4. The molecule has 0 heterocycles. The van der Waals surface area contributed by atoms with Gasteiger partial charge in [0.15, 0.2) is 0 Å². The fourth-order valence-corrected chi connectivity index (χ4v) is 5.19. The maximum atomic E-state index is 11.0. The van der Waals surface area contributed by atoms with Crippen LogP contribution in [0, 0.1) is 13.8 Å². The summed E-state index contributed by atoms with van der Waals surface area (Å²) in [5.74, 6) is 0. The highest BCUT2D eigenvalue weighted by atomic mass is 32.2. The lowest BCUT2D eigenvalue weighted by atomic mass is 10.1. The van der Waals surface area contributed by atoms with Crippen molar-refractivity contribution in [2.75, 3.05) is 6.26 Å². The van der Waals surface area contributed by atoms with Gasteiger partial charge in [0, 0.05) is 0 Å². The van der Waals surface area contributed by atoms with Gasteiger partial charge in [-0.15, -0.1) is 0 Å². The van der Waals surface area contributed by atoms with E-state index >= 15 is 0 Å². The quantitative estimate of drug-likeness (QED) is 0.595. The third-order valence-corrected chi connectivity index (χ3v) is 6.54. The van der Waals surface area contributed by atoms with Crippen LogP contribution in [0.5, 0.6) is 0 Å². The fourth-order valence-electron chi connectivity index (χ4n) is 2.09. The minimum Gasteiger partial charge on any atom is -0.267 e. The highest BCUT2D eigenvalue weighted by Gasteiger charge is 2.41. The van der Waals surface area contributed by atoms with Gasteiger partial charge >= 0.3 is 0 Å². The topological polar surface area (TPSA) is 43.4 Å². The van der Waals surface area contributed by atoms with Crippen molar-refractivity contribution >= 4 is 24.8 Å². The first-order valence-electron chi connectivity index (χ1n) is 5.80. The van der Waals surface area contributed by atoms with Crippen LogP contribution in [-0.4, -0.2) is 30.3 Å². The summed E-state index contributed by atoms with van der Waals surface area (Å²) in [6.45, 7) is 4.26. The zero-order valence-corrected chi connectivity index (χ0v) is 12.7. The molecule has 1 saturated carbocycles. The molecule has 17 heavy (non-hydrogen) atoms. The number of hydrogen-bond donors (Lipinski definition) is 0. The van der Waals surface area contributed by atoms with Crippen LogP contribution >= 0.6 is 0 Å². The summed E-state index contributed by atoms with van der Waals surface area (Å²) >= 11 is 0. The van der Waals surface area contributed by atoms with Crippen LogP contribution in [0.15, 0.2) is 18.2 Å². The summed E-state index contributed by atoms with van der Waals surface area (Å²) in [7, 11) is -3.70. The standard InChI is InChI=1S/C12H18O3SSi/c1-8-5-4-6-11(9(8)2)17-12-7-10(12)15-16(3,13)14/h4-6,10,12H,7,17H2,1-3H3. The largest absolute Gasteiger partial charge is 0.267 e. The third-order valence-electron chi connectivity index (χ3n) is 3.36. The molecule has 0 N–H and O–H groups in total. The average molecular weight is 270 g/mol. The lowest BCUT2D eigenvalue weighted by Crippen LogP contribution is -2.20. The van der Waals surface area contributed by atoms with Crippen molar-refractivity contribution < 1.29 is 12.6 Å². The van der Waals surface area contributed by atoms with E-state index in [4.69, 9.17) is 4.18 Å². The van der Waals surface area contributed by atoms with E-state index in [1.165, 1.54) is 16.3 Å². The van der Waals surface area contributed by atoms with Crippen LogP contribution in [-0.2, 0) is 14.3 Å². The molecule has 0 radical (unpaired) electrons. The summed E-state index contributed by atoms with van der Waals surface area (Å²) in [6, 6.07) is 6.37.